The number of halogens is 1. The van der Waals surface area contributed by atoms with Crippen LogP contribution < -0.4 is 0 Å². The minimum atomic E-state index is -0.830. The molecule has 0 spiro atoms. The molecule has 4 rings (SSSR count). The molecule has 0 aliphatic heterocycles. The molecule has 1 aromatic heterocycles. The van der Waals surface area contributed by atoms with E-state index in [0.717, 1.165) is 40.6 Å². The fourth-order valence-electron chi connectivity index (χ4n) is 3.90. The molecule has 161 valence electrons. The zero-order valence-electron chi connectivity index (χ0n) is 18.4. The molecule has 1 N–H and O–H groups in total. The average molecular weight is 441 g/mol. The third-order valence-electron chi connectivity index (χ3n) is 5.50. The van der Waals surface area contributed by atoms with E-state index < -0.39 is 5.60 Å². The summed E-state index contributed by atoms with van der Waals surface area (Å²) in [6.45, 7) is 3.68. The Labute approximate surface area is 195 Å². The lowest BCUT2D eigenvalue weighted by Crippen LogP contribution is -2.17. The molecule has 2 nitrogen and oxygen atoms in total. The van der Waals surface area contributed by atoms with Crippen molar-refractivity contribution in [2.75, 3.05) is 0 Å². The predicted molar refractivity (Wildman–Crippen MR) is 136 cm³/mol. The third kappa shape index (κ3) is 5.64. The second-order valence-electron chi connectivity index (χ2n) is 8.54. The van der Waals surface area contributed by atoms with Crippen LogP contribution in [0.1, 0.15) is 48.2 Å². The van der Waals surface area contributed by atoms with Crippen LogP contribution in [0.25, 0.3) is 23.1 Å². The Hall–Kier alpha value is -2.94. The van der Waals surface area contributed by atoms with Gasteiger partial charge >= 0.3 is 0 Å². The first-order chi connectivity index (χ1) is 15.4. The summed E-state index contributed by atoms with van der Waals surface area (Å²) in [5.74, 6) is 0. The van der Waals surface area contributed by atoms with Gasteiger partial charge in [0.1, 0.15) is 0 Å². The normalized spacial score (nSPS) is 12.0. The smallest absolute Gasteiger partial charge is 0.0843 e. The number of pyridine rings is 1. The summed E-state index contributed by atoms with van der Waals surface area (Å²) in [7, 11) is 0. The summed E-state index contributed by atoms with van der Waals surface area (Å²) in [4.78, 5) is 4.69. The summed E-state index contributed by atoms with van der Waals surface area (Å²) < 4.78 is 0. The van der Waals surface area contributed by atoms with Gasteiger partial charge in [0.05, 0.1) is 16.8 Å². The van der Waals surface area contributed by atoms with Gasteiger partial charge in [-0.1, -0.05) is 78.3 Å². The number of hydrogen-bond acceptors (Lipinski definition) is 2. The number of aryl methyl sites for hydroxylation is 1. The minimum Gasteiger partial charge on any atom is -0.386 e. The van der Waals surface area contributed by atoms with E-state index in [-0.39, 0.29) is 0 Å². The fraction of sp³-hybridized carbons (Fsp3) is 0.172. The van der Waals surface area contributed by atoms with Crippen LogP contribution >= 0.6 is 11.6 Å². The second-order valence-corrected chi connectivity index (χ2v) is 8.97. The summed E-state index contributed by atoms with van der Waals surface area (Å²) in [6.07, 6.45) is 8.16. The Bertz CT molecular complexity index is 1250. The van der Waals surface area contributed by atoms with Crippen molar-refractivity contribution >= 4 is 34.7 Å². The van der Waals surface area contributed by atoms with Crippen LogP contribution in [0.5, 0.6) is 0 Å². The molecular weight excluding hydrogens is 414 g/mol. The van der Waals surface area contributed by atoms with Crippen molar-refractivity contribution in [3.05, 3.63) is 118 Å². The summed E-state index contributed by atoms with van der Waals surface area (Å²) in [5.41, 5.74) is 5.47. The number of hydrogen-bond donors (Lipinski definition) is 1. The van der Waals surface area contributed by atoms with Crippen LogP contribution in [-0.4, -0.2) is 10.1 Å². The van der Waals surface area contributed by atoms with Crippen LogP contribution in [0.2, 0.25) is 5.02 Å². The summed E-state index contributed by atoms with van der Waals surface area (Å²) >= 11 is 6.10. The third-order valence-corrected chi connectivity index (χ3v) is 5.74. The molecule has 0 bridgehead atoms. The predicted octanol–water partition coefficient (Wildman–Crippen LogP) is 7.47. The number of aromatic nitrogens is 1. The Kier molecular flexibility index (Phi) is 6.74. The van der Waals surface area contributed by atoms with E-state index in [0.29, 0.717) is 5.02 Å². The highest BCUT2D eigenvalue weighted by molar-refractivity contribution is 6.31. The highest BCUT2D eigenvalue weighted by atomic mass is 35.5. The molecule has 0 aliphatic carbocycles. The number of aliphatic hydroxyl groups is 1. The van der Waals surface area contributed by atoms with E-state index in [1.807, 2.05) is 62.4 Å². The van der Waals surface area contributed by atoms with Crippen LogP contribution in [0.4, 0.5) is 0 Å². The van der Waals surface area contributed by atoms with Crippen molar-refractivity contribution in [3.63, 3.8) is 0 Å². The number of nitrogens with zero attached hydrogens (tertiary/aromatic N) is 1. The molecule has 0 atom stereocenters. The van der Waals surface area contributed by atoms with E-state index in [1.165, 1.54) is 11.1 Å². The first-order valence-electron chi connectivity index (χ1n) is 10.9. The SMILES string of the molecule is CC(C)(O)c1ccccc1CC[CH]c1cccc(C=Cc2ccc3ccc(Cl)cc3n2)c1. The first kappa shape index (κ1) is 22.3. The fourth-order valence-corrected chi connectivity index (χ4v) is 4.07. The van der Waals surface area contributed by atoms with Gasteiger partial charge in [-0.25, -0.2) is 4.98 Å². The van der Waals surface area contributed by atoms with Gasteiger partial charge < -0.3 is 5.11 Å². The van der Waals surface area contributed by atoms with Crippen LogP contribution in [0, 0.1) is 6.42 Å². The van der Waals surface area contributed by atoms with Gasteiger partial charge in [0.15, 0.2) is 0 Å². The molecule has 0 amide bonds. The second kappa shape index (κ2) is 9.68. The molecular formula is C29H27ClNO. The molecule has 0 aliphatic rings. The monoisotopic (exact) mass is 440 g/mol. The van der Waals surface area contributed by atoms with Gasteiger partial charge in [-0.05, 0) is 79.6 Å². The van der Waals surface area contributed by atoms with E-state index in [9.17, 15) is 5.11 Å². The zero-order chi connectivity index (χ0) is 22.6. The molecule has 0 fully saturated rings. The van der Waals surface area contributed by atoms with Gasteiger partial charge in [-0.3, -0.25) is 0 Å². The standard InChI is InChI=1S/C29H27ClNO/c1-29(2,32)27-12-4-3-10-23(27)11-6-9-21-7-5-8-22(19-21)13-17-26-18-15-24-14-16-25(30)20-28(24)31-26/h3-5,7-10,12-20,32H,6,11H2,1-2H3. The average Bonchev–Trinajstić information content (AvgIpc) is 2.77. The van der Waals surface area contributed by atoms with E-state index in [1.54, 1.807) is 0 Å². The maximum Gasteiger partial charge on any atom is 0.0843 e. The maximum absolute atomic E-state index is 10.4. The van der Waals surface area contributed by atoms with Gasteiger partial charge in [-0.15, -0.1) is 0 Å². The van der Waals surface area contributed by atoms with Crippen molar-refractivity contribution in [2.45, 2.75) is 32.3 Å². The van der Waals surface area contributed by atoms with Gasteiger partial charge in [-0.2, -0.15) is 0 Å². The van der Waals surface area contributed by atoms with Crippen molar-refractivity contribution in [3.8, 4) is 0 Å². The highest BCUT2D eigenvalue weighted by Crippen LogP contribution is 2.25. The van der Waals surface area contributed by atoms with E-state index in [4.69, 9.17) is 11.6 Å². The Morgan fingerprint density at radius 2 is 1.66 bits per heavy atom. The van der Waals surface area contributed by atoms with Crippen molar-refractivity contribution in [1.82, 2.24) is 4.98 Å². The summed E-state index contributed by atoms with van der Waals surface area (Å²) in [6, 6.07) is 26.4. The maximum atomic E-state index is 10.4. The topological polar surface area (TPSA) is 33.1 Å². The Morgan fingerprint density at radius 1 is 0.875 bits per heavy atom. The van der Waals surface area contributed by atoms with Gasteiger partial charge in [0.25, 0.3) is 0 Å². The van der Waals surface area contributed by atoms with Crippen LogP contribution in [0.3, 0.4) is 0 Å². The zero-order valence-corrected chi connectivity index (χ0v) is 19.2. The number of benzene rings is 3. The molecule has 1 radical (unpaired) electrons. The quantitative estimate of drug-likeness (QED) is 0.323. The molecule has 3 aromatic carbocycles. The molecule has 1 heterocycles. The molecule has 4 aromatic rings. The van der Waals surface area contributed by atoms with Crippen molar-refractivity contribution < 1.29 is 5.11 Å². The van der Waals surface area contributed by atoms with Crippen LogP contribution in [-0.2, 0) is 12.0 Å². The number of fused-ring (bicyclic) bond motifs is 1. The molecule has 0 saturated heterocycles. The largest absolute Gasteiger partial charge is 0.386 e. The van der Waals surface area contributed by atoms with E-state index >= 15 is 0 Å². The van der Waals surface area contributed by atoms with Crippen LogP contribution in [0.15, 0.2) is 78.9 Å². The first-order valence-corrected chi connectivity index (χ1v) is 11.2. The van der Waals surface area contributed by atoms with Crippen molar-refractivity contribution in [1.29, 1.82) is 0 Å². The lowest BCUT2D eigenvalue weighted by atomic mass is 9.90. The van der Waals surface area contributed by atoms with E-state index in [2.05, 4.69) is 53.9 Å². The lowest BCUT2D eigenvalue weighted by Gasteiger charge is -2.21. The molecule has 0 saturated carbocycles. The molecule has 0 unspecified atom stereocenters. The highest BCUT2D eigenvalue weighted by Gasteiger charge is 2.18. The Balaban J connectivity index is 1.42. The van der Waals surface area contributed by atoms with Crippen molar-refractivity contribution in [2.24, 2.45) is 0 Å². The number of rotatable bonds is 7. The molecule has 32 heavy (non-hydrogen) atoms. The van der Waals surface area contributed by atoms with Gasteiger partial charge in [0, 0.05) is 10.4 Å². The lowest BCUT2D eigenvalue weighted by molar-refractivity contribution is 0.0776. The summed E-state index contributed by atoms with van der Waals surface area (Å²) in [5, 5.41) is 12.2. The Morgan fingerprint density at radius 3 is 2.50 bits per heavy atom. The minimum absolute atomic E-state index is 0.694. The molecule has 3 heteroatoms. The van der Waals surface area contributed by atoms with Gasteiger partial charge in [0.2, 0.25) is 0 Å².